The van der Waals surface area contributed by atoms with E-state index in [2.05, 4.69) is 0 Å². The Hall–Kier alpha value is -0.690. The topological polar surface area (TPSA) is 20.2 Å². The quantitative estimate of drug-likeness (QED) is 0.643. The zero-order valence-electron chi connectivity index (χ0n) is 6.69. The molecule has 0 fully saturated rings. The number of halogens is 1. The molecule has 0 radical (unpaired) electrons. The lowest BCUT2D eigenvalue weighted by atomic mass is 10.1. The van der Waals surface area contributed by atoms with Crippen molar-refractivity contribution in [1.82, 2.24) is 0 Å². The third-order valence-electron chi connectivity index (χ3n) is 1.89. The molecule has 2 heteroatoms. The summed E-state index contributed by atoms with van der Waals surface area (Å²) in [6.07, 6.45) is 0. The second-order valence-corrected chi connectivity index (χ2v) is 2.92. The fraction of sp³-hybridized carbons (Fsp3) is 0.333. The molecule has 0 saturated carbocycles. The van der Waals surface area contributed by atoms with Crippen LogP contribution in [0.3, 0.4) is 0 Å². The monoisotopic (exact) mass is 170 g/mol. The molecular weight excluding hydrogens is 160 g/mol. The van der Waals surface area contributed by atoms with E-state index in [0.29, 0.717) is 11.6 Å². The molecule has 0 unspecified atom stereocenters. The van der Waals surface area contributed by atoms with E-state index in [-0.39, 0.29) is 0 Å². The number of benzene rings is 1. The molecular formula is C9H11ClO. The Morgan fingerprint density at radius 1 is 1.36 bits per heavy atom. The summed E-state index contributed by atoms with van der Waals surface area (Å²) >= 11 is 5.65. The highest BCUT2D eigenvalue weighted by Crippen LogP contribution is 2.25. The number of hydrogen-bond donors (Lipinski definition) is 1. The van der Waals surface area contributed by atoms with Crippen molar-refractivity contribution in [3.05, 3.63) is 28.8 Å². The van der Waals surface area contributed by atoms with Gasteiger partial charge >= 0.3 is 0 Å². The predicted octanol–water partition coefficient (Wildman–Crippen LogP) is 2.75. The normalized spacial score (nSPS) is 10.1. The van der Waals surface area contributed by atoms with Crippen LogP contribution in [0.15, 0.2) is 12.1 Å². The van der Waals surface area contributed by atoms with Crippen LogP contribution in [-0.4, -0.2) is 5.11 Å². The van der Waals surface area contributed by atoms with E-state index >= 15 is 0 Å². The minimum atomic E-state index is 0.364. The Morgan fingerprint density at radius 2 is 2.00 bits per heavy atom. The van der Waals surface area contributed by atoms with Gasteiger partial charge in [-0.2, -0.15) is 0 Å². The summed E-state index contributed by atoms with van der Waals surface area (Å²) in [5.41, 5.74) is 2.78. The van der Waals surface area contributed by atoms with Gasteiger partial charge in [-0.3, -0.25) is 0 Å². The summed E-state index contributed by atoms with van der Waals surface area (Å²) in [4.78, 5) is 0. The number of aromatic hydroxyl groups is 1. The van der Waals surface area contributed by atoms with Gasteiger partial charge in [0.2, 0.25) is 0 Å². The lowest BCUT2D eigenvalue weighted by Crippen LogP contribution is -1.87. The fourth-order valence-corrected chi connectivity index (χ4v) is 1.31. The number of alkyl halides is 1. The summed E-state index contributed by atoms with van der Waals surface area (Å²) in [5, 5.41) is 9.46. The molecule has 1 aromatic rings. The molecule has 1 aromatic carbocycles. The van der Waals surface area contributed by atoms with E-state index in [0.717, 1.165) is 16.7 Å². The average molecular weight is 171 g/mol. The first-order valence-electron chi connectivity index (χ1n) is 3.51. The maximum Gasteiger partial charge on any atom is 0.121 e. The highest BCUT2D eigenvalue weighted by Gasteiger charge is 2.03. The molecule has 0 heterocycles. The van der Waals surface area contributed by atoms with Crippen LogP contribution in [0, 0.1) is 13.8 Å². The highest BCUT2D eigenvalue weighted by molar-refractivity contribution is 6.17. The van der Waals surface area contributed by atoms with Crippen LogP contribution in [0.25, 0.3) is 0 Å². The zero-order valence-corrected chi connectivity index (χ0v) is 7.44. The molecule has 0 spiro atoms. The molecule has 0 bridgehead atoms. The van der Waals surface area contributed by atoms with E-state index < -0.39 is 0 Å². The lowest BCUT2D eigenvalue weighted by molar-refractivity contribution is 0.466. The minimum absolute atomic E-state index is 0.364. The van der Waals surface area contributed by atoms with E-state index in [1.807, 2.05) is 26.0 Å². The Kier molecular flexibility index (Phi) is 2.40. The van der Waals surface area contributed by atoms with E-state index in [1.165, 1.54) is 0 Å². The first kappa shape index (κ1) is 8.41. The van der Waals surface area contributed by atoms with E-state index in [4.69, 9.17) is 11.6 Å². The molecule has 11 heavy (non-hydrogen) atoms. The van der Waals surface area contributed by atoms with Crippen LogP contribution < -0.4 is 0 Å². The molecule has 0 aliphatic rings. The van der Waals surface area contributed by atoms with Crippen molar-refractivity contribution in [3.63, 3.8) is 0 Å². The first-order valence-corrected chi connectivity index (χ1v) is 4.04. The van der Waals surface area contributed by atoms with Gasteiger partial charge in [-0.1, -0.05) is 12.1 Å². The van der Waals surface area contributed by atoms with Crippen LogP contribution in [-0.2, 0) is 5.88 Å². The fourth-order valence-electron chi connectivity index (χ4n) is 1.02. The predicted molar refractivity (Wildman–Crippen MR) is 47.1 cm³/mol. The molecule has 0 aliphatic heterocycles. The van der Waals surface area contributed by atoms with Gasteiger partial charge in [0.25, 0.3) is 0 Å². The molecule has 0 aromatic heterocycles. The Morgan fingerprint density at radius 3 is 2.55 bits per heavy atom. The molecule has 0 aliphatic carbocycles. The molecule has 1 rings (SSSR count). The van der Waals surface area contributed by atoms with Crippen LogP contribution >= 0.6 is 11.6 Å². The molecule has 1 N–H and O–H groups in total. The van der Waals surface area contributed by atoms with Crippen LogP contribution in [0.5, 0.6) is 5.75 Å². The van der Waals surface area contributed by atoms with Gasteiger partial charge in [0, 0.05) is 5.88 Å². The Labute approximate surface area is 71.6 Å². The largest absolute Gasteiger partial charge is 0.507 e. The number of hydrogen-bond acceptors (Lipinski definition) is 1. The number of phenols is 1. The summed E-state index contributed by atoms with van der Waals surface area (Å²) in [6, 6.07) is 3.82. The van der Waals surface area contributed by atoms with Crippen LogP contribution in [0.4, 0.5) is 0 Å². The second-order valence-electron chi connectivity index (χ2n) is 2.65. The van der Waals surface area contributed by atoms with Gasteiger partial charge in [0.15, 0.2) is 0 Å². The van der Waals surface area contributed by atoms with E-state index in [9.17, 15) is 5.11 Å². The highest BCUT2D eigenvalue weighted by atomic mass is 35.5. The molecule has 0 saturated heterocycles. The SMILES string of the molecule is Cc1ccc(CCl)c(C)c1O. The van der Waals surface area contributed by atoms with Gasteiger partial charge < -0.3 is 5.11 Å². The summed E-state index contributed by atoms with van der Waals surface area (Å²) in [5.74, 6) is 0.822. The van der Waals surface area contributed by atoms with Gasteiger partial charge in [-0.15, -0.1) is 11.6 Å². The van der Waals surface area contributed by atoms with Crippen molar-refractivity contribution in [3.8, 4) is 5.75 Å². The average Bonchev–Trinajstić information content (AvgIpc) is 2.01. The van der Waals surface area contributed by atoms with Gasteiger partial charge in [0.1, 0.15) is 5.75 Å². The lowest BCUT2D eigenvalue weighted by Gasteiger charge is -2.06. The molecule has 60 valence electrons. The van der Waals surface area contributed by atoms with Crippen molar-refractivity contribution in [2.75, 3.05) is 0 Å². The van der Waals surface area contributed by atoms with Gasteiger partial charge in [-0.25, -0.2) is 0 Å². The Bertz CT molecular complexity index is 269. The first-order chi connectivity index (χ1) is 5.16. The van der Waals surface area contributed by atoms with Crippen molar-refractivity contribution < 1.29 is 5.11 Å². The van der Waals surface area contributed by atoms with Crippen molar-refractivity contribution in [2.45, 2.75) is 19.7 Å². The summed E-state index contributed by atoms with van der Waals surface area (Å²) < 4.78 is 0. The summed E-state index contributed by atoms with van der Waals surface area (Å²) in [7, 11) is 0. The Balaban J connectivity index is 3.25. The number of aryl methyl sites for hydroxylation is 1. The maximum absolute atomic E-state index is 9.46. The zero-order chi connectivity index (χ0) is 8.43. The molecule has 0 amide bonds. The van der Waals surface area contributed by atoms with Crippen molar-refractivity contribution in [2.24, 2.45) is 0 Å². The minimum Gasteiger partial charge on any atom is -0.507 e. The van der Waals surface area contributed by atoms with E-state index in [1.54, 1.807) is 0 Å². The van der Waals surface area contributed by atoms with Crippen LogP contribution in [0.1, 0.15) is 16.7 Å². The number of rotatable bonds is 1. The summed E-state index contributed by atoms with van der Waals surface area (Å²) in [6.45, 7) is 3.75. The van der Waals surface area contributed by atoms with Crippen molar-refractivity contribution in [1.29, 1.82) is 0 Å². The van der Waals surface area contributed by atoms with Crippen molar-refractivity contribution >= 4 is 11.6 Å². The standard InChI is InChI=1S/C9H11ClO/c1-6-3-4-8(5-10)7(2)9(6)11/h3-4,11H,5H2,1-2H3. The second kappa shape index (κ2) is 3.14. The smallest absolute Gasteiger partial charge is 0.121 e. The van der Waals surface area contributed by atoms with Gasteiger partial charge in [0.05, 0.1) is 0 Å². The molecule has 1 nitrogen and oxygen atoms in total. The number of phenolic OH excluding ortho intramolecular Hbond substituents is 1. The third-order valence-corrected chi connectivity index (χ3v) is 2.18. The molecule has 0 atom stereocenters. The third kappa shape index (κ3) is 1.48. The van der Waals surface area contributed by atoms with Crippen LogP contribution in [0.2, 0.25) is 0 Å². The maximum atomic E-state index is 9.46. The van der Waals surface area contributed by atoms with Gasteiger partial charge in [-0.05, 0) is 30.5 Å².